The highest BCUT2D eigenvalue weighted by molar-refractivity contribution is 5.77. The molecule has 19 heavy (non-hydrogen) atoms. The molecule has 2 aliphatic rings. The minimum absolute atomic E-state index is 0.0279. The molecule has 0 spiro atoms. The zero-order valence-corrected chi connectivity index (χ0v) is 12.3. The topological polar surface area (TPSA) is 52.6 Å². The van der Waals surface area contributed by atoms with Gasteiger partial charge in [0, 0.05) is 19.5 Å². The Hall–Kier alpha value is -0.610. The normalized spacial score (nSPS) is 35.9. The maximum absolute atomic E-state index is 12.4. The van der Waals surface area contributed by atoms with Crippen LogP contribution in [0.25, 0.3) is 0 Å². The highest BCUT2D eigenvalue weighted by Crippen LogP contribution is 2.24. The Morgan fingerprint density at radius 2 is 2.00 bits per heavy atom. The number of nitrogens with zero attached hydrogens (tertiary/aromatic N) is 1. The van der Waals surface area contributed by atoms with Crippen LogP contribution in [0.1, 0.15) is 51.9 Å². The molecular formula is C15H28N2O2. The lowest BCUT2D eigenvalue weighted by Crippen LogP contribution is -2.49. The summed E-state index contributed by atoms with van der Waals surface area (Å²) < 4.78 is 0. The number of amides is 1. The van der Waals surface area contributed by atoms with Crippen molar-refractivity contribution in [3.8, 4) is 0 Å². The fourth-order valence-corrected chi connectivity index (χ4v) is 3.45. The van der Waals surface area contributed by atoms with Crippen molar-refractivity contribution in [2.45, 2.75) is 70.1 Å². The number of nitrogens with one attached hydrogen (secondary N) is 1. The Morgan fingerprint density at radius 3 is 2.68 bits per heavy atom. The Bertz CT molecular complexity index is 309. The van der Waals surface area contributed by atoms with Crippen LogP contribution in [-0.2, 0) is 4.79 Å². The third-order valence-corrected chi connectivity index (χ3v) is 4.91. The van der Waals surface area contributed by atoms with Crippen LogP contribution in [0.3, 0.4) is 0 Å². The molecule has 0 bridgehead atoms. The summed E-state index contributed by atoms with van der Waals surface area (Å²) in [5.41, 5.74) is 0. The minimum Gasteiger partial charge on any atom is -0.391 e. The average molecular weight is 268 g/mol. The molecular weight excluding hydrogens is 240 g/mol. The summed E-state index contributed by atoms with van der Waals surface area (Å²) in [6.45, 7) is 3.25. The van der Waals surface area contributed by atoms with Crippen molar-refractivity contribution in [1.29, 1.82) is 0 Å². The van der Waals surface area contributed by atoms with Gasteiger partial charge < -0.3 is 15.3 Å². The molecule has 0 radical (unpaired) electrons. The van der Waals surface area contributed by atoms with Crippen molar-refractivity contribution in [3.63, 3.8) is 0 Å². The molecule has 110 valence electrons. The zero-order valence-electron chi connectivity index (χ0n) is 12.3. The van der Waals surface area contributed by atoms with Gasteiger partial charge in [-0.05, 0) is 38.1 Å². The van der Waals surface area contributed by atoms with Crippen LogP contribution in [0.5, 0.6) is 0 Å². The van der Waals surface area contributed by atoms with Crippen LogP contribution < -0.4 is 5.32 Å². The van der Waals surface area contributed by atoms with E-state index in [1.54, 1.807) is 4.90 Å². The summed E-state index contributed by atoms with van der Waals surface area (Å²) in [5.74, 6) is 0.750. The third kappa shape index (κ3) is 3.69. The van der Waals surface area contributed by atoms with Crippen LogP contribution in [0.2, 0.25) is 0 Å². The summed E-state index contributed by atoms with van der Waals surface area (Å²) in [5, 5.41) is 13.5. The highest BCUT2D eigenvalue weighted by atomic mass is 16.3. The van der Waals surface area contributed by atoms with Crippen LogP contribution in [0, 0.1) is 5.92 Å². The molecule has 1 saturated carbocycles. The van der Waals surface area contributed by atoms with Gasteiger partial charge in [-0.25, -0.2) is 0 Å². The fraction of sp³-hybridized carbons (Fsp3) is 0.933. The molecule has 0 aromatic rings. The van der Waals surface area contributed by atoms with Crippen molar-refractivity contribution in [1.82, 2.24) is 10.2 Å². The molecule has 1 heterocycles. The lowest BCUT2D eigenvalue weighted by atomic mass is 9.89. The first-order valence-corrected chi connectivity index (χ1v) is 7.76. The molecule has 4 unspecified atom stereocenters. The molecule has 0 aromatic carbocycles. The zero-order chi connectivity index (χ0) is 13.8. The van der Waals surface area contributed by atoms with E-state index < -0.39 is 0 Å². The molecule has 1 saturated heterocycles. The maximum atomic E-state index is 12.4. The van der Waals surface area contributed by atoms with Crippen molar-refractivity contribution < 1.29 is 9.90 Å². The molecule has 1 aliphatic heterocycles. The van der Waals surface area contributed by atoms with Gasteiger partial charge in [-0.15, -0.1) is 0 Å². The Morgan fingerprint density at radius 1 is 1.26 bits per heavy atom. The van der Waals surface area contributed by atoms with Crippen molar-refractivity contribution in [3.05, 3.63) is 0 Å². The number of aliphatic hydroxyl groups is 1. The second-order valence-electron chi connectivity index (χ2n) is 6.31. The van der Waals surface area contributed by atoms with Gasteiger partial charge >= 0.3 is 0 Å². The van der Waals surface area contributed by atoms with Crippen LogP contribution in [0.4, 0.5) is 0 Å². The number of aliphatic hydroxyl groups excluding tert-OH is 1. The second-order valence-corrected chi connectivity index (χ2v) is 6.31. The standard InChI is InChI=1S/C15H28N2O2/c1-11-6-5-9-16-12(11)10-15(19)17(2)13-7-3-4-8-14(13)18/h11-14,16,18H,3-10H2,1-2H3. The van der Waals surface area contributed by atoms with E-state index >= 15 is 0 Å². The second kappa shape index (κ2) is 6.71. The molecule has 1 aliphatic carbocycles. The molecule has 0 aromatic heterocycles. The van der Waals surface area contributed by atoms with Gasteiger partial charge in [0.25, 0.3) is 0 Å². The summed E-state index contributed by atoms with van der Waals surface area (Å²) in [6.07, 6.45) is 6.64. The Labute approximate surface area is 116 Å². The van der Waals surface area contributed by atoms with E-state index in [2.05, 4.69) is 12.2 Å². The van der Waals surface area contributed by atoms with E-state index in [1.807, 2.05) is 7.05 Å². The molecule has 2 N–H and O–H groups in total. The van der Waals surface area contributed by atoms with E-state index in [0.717, 1.165) is 32.2 Å². The predicted molar refractivity (Wildman–Crippen MR) is 75.8 cm³/mol. The van der Waals surface area contributed by atoms with Gasteiger partial charge in [0.2, 0.25) is 5.91 Å². The predicted octanol–water partition coefficient (Wildman–Crippen LogP) is 1.53. The monoisotopic (exact) mass is 268 g/mol. The summed E-state index contributed by atoms with van der Waals surface area (Å²) in [4.78, 5) is 14.2. The number of rotatable bonds is 3. The number of likely N-dealkylation sites (N-methyl/N-ethyl adjacent to an activating group) is 1. The number of piperidine rings is 1. The van der Waals surface area contributed by atoms with Crippen LogP contribution in [-0.4, -0.2) is 47.7 Å². The third-order valence-electron chi connectivity index (χ3n) is 4.91. The first-order chi connectivity index (χ1) is 9.09. The quantitative estimate of drug-likeness (QED) is 0.816. The summed E-state index contributed by atoms with van der Waals surface area (Å²) in [7, 11) is 1.86. The SMILES string of the molecule is CC1CCCNC1CC(=O)N(C)C1CCCCC1O. The fourth-order valence-electron chi connectivity index (χ4n) is 3.45. The van der Waals surface area contributed by atoms with E-state index in [-0.39, 0.29) is 18.1 Å². The van der Waals surface area contributed by atoms with Gasteiger partial charge in [-0.2, -0.15) is 0 Å². The maximum Gasteiger partial charge on any atom is 0.224 e. The molecule has 1 amide bonds. The average Bonchev–Trinajstić information content (AvgIpc) is 2.41. The van der Waals surface area contributed by atoms with Gasteiger partial charge in [0.05, 0.1) is 12.1 Å². The van der Waals surface area contributed by atoms with Crippen molar-refractivity contribution >= 4 is 5.91 Å². The smallest absolute Gasteiger partial charge is 0.224 e. The Kier molecular flexibility index (Phi) is 5.22. The van der Waals surface area contributed by atoms with Gasteiger partial charge in [-0.3, -0.25) is 4.79 Å². The molecule has 4 nitrogen and oxygen atoms in total. The van der Waals surface area contributed by atoms with Gasteiger partial charge in [0.1, 0.15) is 0 Å². The van der Waals surface area contributed by atoms with E-state index in [9.17, 15) is 9.90 Å². The largest absolute Gasteiger partial charge is 0.391 e. The molecule has 2 rings (SSSR count). The summed E-state index contributed by atoms with van der Waals surface area (Å²) >= 11 is 0. The number of carbonyl (C=O) groups excluding carboxylic acids is 1. The lowest BCUT2D eigenvalue weighted by molar-refractivity contribution is -0.136. The van der Waals surface area contributed by atoms with Crippen molar-refractivity contribution in [2.75, 3.05) is 13.6 Å². The first-order valence-electron chi connectivity index (χ1n) is 7.76. The first kappa shape index (κ1) is 14.8. The van der Waals surface area contributed by atoms with E-state index in [1.165, 1.54) is 12.8 Å². The highest BCUT2D eigenvalue weighted by Gasteiger charge is 2.31. The van der Waals surface area contributed by atoms with Crippen LogP contribution in [0.15, 0.2) is 0 Å². The molecule has 4 heteroatoms. The number of carbonyl (C=O) groups is 1. The minimum atomic E-state index is -0.334. The lowest BCUT2D eigenvalue weighted by Gasteiger charge is -2.37. The molecule has 2 fully saturated rings. The number of hydrogen-bond donors (Lipinski definition) is 2. The Balaban J connectivity index is 1.87. The van der Waals surface area contributed by atoms with E-state index in [4.69, 9.17) is 0 Å². The number of hydrogen-bond acceptors (Lipinski definition) is 3. The van der Waals surface area contributed by atoms with E-state index in [0.29, 0.717) is 18.4 Å². The molecule has 4 atom stereocenters. The van der Waals surface area contributed by atoms with Gasteiger partial charge in [0.15, 0.2) is 0 Å². The van der Waals surface area contributed by atoms with Crippen LogP contribution >= 0.6 is 0 Å². The van der Waals surface area contributed by atoms with Gasteiger partial charge in [-0.1, -0.05) is 19.8 Å². The van der Waals surface area contributed by atoms with Crippen molar-refractivity contribution in [2.24, 2.45) is 5.92 Å². The summed E-state index contributed by atoms with van der Waals surface area (Å²) in [6, 6.07) is 0.338.